The lowest BCUT2D eigenvalue weighted by Crippen LogP contribution is -2.42. The molecule has 0 aromatic heterocycles. The predicted molar refractivity (Wildman–Crippen MR) is 73.7 cm³/mol. The van der Waals surface area contributed by atoms with Crippen molar-refractivity contribution in [2.75, 3.05) is 0 Å². The van der Waals surface area contributed by atoms with Crippen LogP contribution in [0.1, 0.15) is 58.1 Å². The highest BCUT2D eigenvalue weighted by Gasteiger charge is 2.40. The van der Waals surface area contributed by atoms with E-state index in [1.165, 1.54) is 12.1 Å². The van der Waals surface area contributed by atoms with Crippen LogP contribution in [-0.4, -0.2) is 10.7 Å². The first-order valence-corrected chi connectivity index (χ1v) is 7.16. The van der Waals surface area contributed by atoms with Crippen LogP contribution in [-0.2, 0) is 0 Å². The van der Waals surface area contributed by atoms with Crippen LogP contribution in [0.4, 0.5) is 4.39 Å². The summed E-state index contributed by atoms with van der Waals surface area (Å²) in [5.41, 5.74) is 0.338. The quantitative estimate of drug-likeness (QED) is 0.883. The third kappa shape index (κ3) is 2.92. The largest absolute Gasteiger partial charge is 0.487 e. The van der Waals surface area contributed by atoms with Crippen LogP contribution in [0, 0.1) is 11.7 Å². The molecule has 0 amide bonds. The predicted octanol–water partition coefficient (Wildman–Crippen LogP) is 4.23. The lowest BCUT2D eigenvalue weighted by atomic mass is 9.80. The van der Waals surface area contributed by atoms with Crippen molar-refractivity contribution in [3.8, 4) is 5.75 Å². The Morgan fingerprint density at radius 3 is 2.84 bits per heavy atom. The molecule has 2 unspecified atom stereocenters. The molecule has 0 spiro atoms. The van der Waals surface area contributed by atoms with E-state index in [1.807, 2.05) is 0 Å². The highest BCUT2D eigenvalue weighted by molar-refractivity contribution is 5.38. The lowest BCUT2D eigenvalue weighted by Gasteiger charge is -2.41. The van der Waals surface area contributed by atoms with Gasteiger partial charge in [0.1, 0.15) is 17.2 Å². The minimum atomic E-state index is -0.562. The zero-order valence-corrected chi connectivity index (χ0v) is 11.9. The maximum atomic E-state index is 13.3. The van der Waals surface area contributed by atoms with Crippen LogP contribution < -0.4 is 4.74 Å². The van der Waals surface area contributed by atoms with Crippen LogP contribution in [0.25, 0.3) is 0 Å². The number of aliphatic hydroxyl groups excluding tert-OH is 1. The summed E-state index contributed by atoms with van der Waals surface area (Å²) in [5, 5.41) is 10.3. The van der Waals surface area contributed by atoms with Gasteiger partial charge in [-0.1, -0.05) is 27.2 Å². The Hall–Kier alpha value is -1.09. The fraction of sp³-hybridized carbons (Fsp3) is 0.625. The lowest BCUT2D eigenvalue weighted by molar-refractivity contribution is -0.0321. The smallest absolute Gasteiger partial charge is 0.128 e. The maximum Gasteiger partial charge on any atom is 0.128 e. The summed E-state index contributed by atoms with van der Waals surface area (Å²) >= 11 is 0. The van der Waals surface area contributed by atoms with Crippen LogP contribution >= 0.6 is 0 Å². The van der Waals surface area contributed by atoms with Crippen molar-refractivity contribution < 1.29 is 14.2 Å². The molecule has 3 heteroatoms. The van der Waals surface area contributed by atoms with Crippen molar-refractivity contribution in [2.24, 2.45) is 5.92 Å². The van der Waals surface area contributed by atoms with Crippen LogP contribution in [0.3, 0.4) is 0 Å². The summed E-state index contributed by atoms with van der Waals surface area (Å²) in [6.07, 6.45) is 2.83. The monoisotopic (exact) mass is 266 g/mol. The number of rotatable bonds is 4. The van der Waals surface area contributed by atoms with Crippen LogP contribution in [0.15, 0.2) is 18.2 Å². The van der Waals surface area contributed by atoms with E-state index in [0.29, 0.717) is 23.7 Å². The van der Waals surface area contributed by atoms with Gasteiger partial charge in [-0.15, -0.1) is 0 Å². The number of aliphatic hydroxyl groups is 1. The van der Waals surface area contributed by atoms with Gasteiger partial charge in [-0.3, -0.25) is 0 Å². The van der Waals surface area contributed by atoms with E-state index in [2.05, 4.69) is 20.8 Å². The van der Waals surface area contributed by atoms with Gasteiger partial charge in [-0.25, -0.2) is 4.39 Å². The highest BCUT2D eigenvalue weighted by atomic mass is 19.1. The van der Waals surface area contributed by atoms with Crippen LogP contribution in [0.2, 0.25) is 0 Å². The van der Waals surface area contributed by atoms with Crippen LogP contribution in [0.5, 0.6) is 5.75 Å². The summed E-state index contributed by atoms with van der Waals surface area (Å²) in [7, 11) is 0. The van der Waals surface area contributed by atoms with E-state index in [0.717, 1.165) is 19.3 Å². The SMILES string of the molecule is CCC(C)CC1(CC)C[C@H](O)c2ccc(F)cc2O1. The fourth-order valence-electron chi connectivity index (χ4n) is 2.87. The van der Waals surface area contributed by atoms with E-state index in [1.54, 1.807) is 6.07 Å². The van der Waals surface area contributed by atoms with Crippen molar-refractivity contribution >= 4 is 0 Å². The molecule has 2 nitrogen and oxygen atoms in total. The normalized spacial score (nSPS) is 27.5. The number of ether oxygens (including phenoxy) is 1. The molecule has 0 fully saturated rings. The first-order chi connectivity index (χ1) is 8.99. The number of benzene rings is 1. The molecule has 0 saturated carbocycles. The second-order valence-electron chi connectivity index (χ2n) is 5.76. The van der Waals surface area contributed by atoms with Gasteiger partial charge in [0.15, 0.2) is 0 Å². The summed E-state index contributed by atoms with van der Waals surface area (Å²) in [4.78, 5) is 0. The molecule has 1 N–H and O–H groups in total. The van der Waals surface area contributed by atoms with Gasteiger partial charge in [0.25, 0.3) is 0 Å². The molecule has 19 heavy (non-hydrogen) atoms. The minimum absolute atomic E-state index is 0.318. The van der Waals surface area contributed by atoms with Crippen molar-refractivity contribution in [2.45, 2.75) is 58.2 Å². The topological polar surface area (TPSA) is 29.5 Å². The highest BCUT2D eigenvalue weighted by Crippen LogP contribution is 2.44. The van der Waals surface area contributed by atoms with E-state index < -0.39 is 6.10 Å². The van der Waals surface area contributed by atoms with Gasteiger partial charge in [0.05, 0.1) is 6.10 Å². The minimum Gasteiger partial charge on any atom is -0.487 e. The summed E-state index contributed by atoms with van der Waals surface area (Å²) in [5.74, 6) is 0.715. The maximum absolute atomic E-state index is 13.3. The van der Waals surface area contributed by atoms with Crippen molar-refractivity contribution in [1.82, 2.24) is 0 Å². The summed E-state index contributed by atoms with van der Waals surface area (Å²) in [6.45, 7) is 6.41. The molecule has 1 aromatic carbocycles. The van der Waals surface area contributed by atoms with E-state index >= 15 is 0 Å². The van der Waals surface area contributed by atoms with Gasteiger partial charge in [0, 0.05) is 18.1 Å². The van der Waals surface area contributed by atoms with E-state index in [4.69, 9.17) is 4.74 Å². The molecule has 1 heterocycles. The molecule has 1 aliphatic rings. The molecular formula is C16H23FO2. The Labute approximate surface area is 114 Å². The number of halogens is 1. The number of hydrogen-bond donors (Lipinski definition) is 1. The molecule has 3 atom stereocenters. The number of hydrogen-bond acceptors (Lipinski definition) is 2. The Bertz CT molecular complexity index is 446. The molecular weight excluding hydrogens is 243 g/mol. The standard InChI is InChI=1S/C16H23FO2/c1-4-11(3)9-16(5-2)10-14(18)13-7-6-12(17)8-15(13)19-16/h6-8,11,14,18H,4-5,9-10H2,1-3H3/t11?,14-,16?/m0/s1. The van der Waals surface area contributed by atoms with E-state index in [-0.39, 0.29) is 11.4 Å². The van der Waals surface area contributed by atoms with Gasteiger partial charge < -0.3 is 9.84 Å². The first-order valence-electron chi connectivity index (χ1n) is 7.16. The summed E-state index contributed by atoms with van der Waals surface area (Å²) < 4.78 is 19.4. The Morgan fingerprint density at radius 1 is 1.47 bits per heavy atom. The van der Waals surface area contributed by atoms with Gasteiger partial charge in [0.2, 0.25) is 0 Å². The van der Waals surface area contributed by atoms with Gasteiger partial charge in [-0.05, 0) is 30.9 Å². The second kappa shape index (κ2) is 5.49. The third-order valence-electron chi connectivity index (χ3n) is 4.29. The Kier molecular flexibility index (Phi) is 4.14. The summed E-state index contributed by atoms with van der Waals surface area (Å²) in [6, 6.07) is 4.38. The molecule has 0 radical (unpaired) electrons. The average molecular weight is 266 g/mol. The molecule has 106 valence electrons. The zero-order valence-electron chi connectivity index (χ0n) is 11.9. The third-order valence-corrected chi connectivity index (χ3v) is 4.29. The Balaban J connectivity index is 2.30. The molecule has 2 rings (SSSR count). The van der Waals surface area contributed by atoms with Gasteiger partial charge >= 0.3 is 0 Å². The fourth-order valence-corrected chi connectivity index (χ4v) is 2.87. The number of fused-ring (bicyclic) bond motifs is 1. The van der Waals surface area contributed by atoms with Crippen molar-refractivity contribution in [3.05, 3.63) is 29.6 Å². The molecule has 0 saturated heterocycles. The van der Waals surface area contributed by atoms with E-state index in [9.17, 15) is 9.50 Å². The first kappa shape index (κ1) is 14.3. The second-order valence-corrected chi connectivity index (χ2v) is 5.76. The molecule has 0 bridgehead atoms. The zero-order chi connectivity index (χ0) is 14.0. The van der Waals surface area contributed by atoms with Crippen molar-refractivity contribution in [3.63, 3.8) is 0 Å². The van der Waals surface area contributed by atoms with Crippen molar-refractivity contribution in [1.29, 1.82) is 0 Å². The Morgan fingerprint density at radius 2 is 2.21 bits per heavy atom. The average Bonchev–Trinajstić information content (AvgIpc) is 2.38. The molecule has 1 aromatic rings. The van der Waals surface area contributed by atoms with Gasteiger partial charge in [-0.2, -0.15) is 0 Å². The molecule has 0 aliphatic carbocycles. The molecule has 1 aliphatic heterocycles.